The van der Waals surface area contributed by atoms with Crippen molar-refractivity contribution < 1.29 is 14.3 Å². The quantitative estimate of drug-likeness (QED) is 0.732. The number of aromatic amines is 1. The van der Waals surface area contributed by atoms with E-state index in [1.165, 1.54) is 6.07 Å². The second kappa shape index (κ2) is 9.47. The highest BCUT2D eigenvalue weighted by Crippen LogP contribution is 2.28. The van der Waals surface area contributed by atoms with Crippen molar-refractivity contribution in [2.45, 2.75) is 51.2 Å². The van der Waals surface area contributed by atoms with Crippen molar-refractivity contribution in [3.8, 4) is 0 Å². The molecule has 144 valence electrons. The minimum atomic E-state index is -0.268. The predicted octanol–water partition coefficient (Wildman–Crippen LogP) is 0.481. The molecule has 0 radical (unpaired) electrons. The maximum absolute atomic E-state index is 12.4. The molecule has 2 amide bonds. The van der Waals surface area contributed by atoms with E-state index in [4.69, 9.17) is 4.74 Å². The fourth-order valence-electron chi connectivity index (χ4n) is 3.30. The molecule has 1 aromatic heterocycles. The first-order valence-corrected chi connectivity index (χ1v) is 9.06. The number of hydrogen-bond acceptors (Lipinski definition) is 5. The van der Waals surface area contributed by atoms with E-state index in [0.717, 1.165) is 12.8 Å². The molecular weight excluding hydrogens is 336 g/mol. The number of aryl methyl sites for hydroxylation is 1. The number of nitrogens with one attached hydrogen (secondary N) is 2. The van der Waals surface area contributed by atoms with Gasteiger partial charge in [0.05, 0.1) is 17.8 Å². The minimum absolute atomic E-state index is 0.0823. The first-order chi connectivity index (χ1) is 12.4. The van der Waals surface area contributed by atoms with E-state index in [2.05, 4.69) is 15.5 Å². The van der Waals surface area contributed by atoms with Crippen LogP contribution < -0.4 is 10.9 Å². The molecule has 0 spiro atoms. The summed E-state index contributed by atoms with van der Waals surface area (Å²) < 4.78 is 5.50. The van der Waals surface area contributed by atoms with Gasteiger partial charge in [-0.1, -0.05) is 0 Å². The van der Waals surface area contributed by atoms with Crippen LogP contribution >= 0.6 is 0 Å². The van der Waals surface area contributed by atoms with Gasteiger partial charge in [0.15, 0.2) is 0 Å². The van der Waals surface area contributed by atoms with Crippen molar-refractivity contribution in [2.24, 2.45) is 5.92 Å². The second-order valence-corrected chi connectivity index (χ2v) is 6.72. The predicted molar refractivity (Wildman–Crippen MR) is 96.6 cm³/mol. The van der Waals surface area contributed by atoms with Crippen molar-refractivity contribution in [3.05, 3.63) is 28.2 Å². The first kappa shape index (κ1) is 20.1. The molecule has 1 aromatic rings. The summed E-state index contributed by atoms with van der Waals surface area (Å²) in [5.74, 6) is -0.0711. The normalized spacial score (nSPS) is 22.7. The summed E-state index contributed by atoms with van der Waals surface area (Å²) in [6.07, 6.45) is 2.73. The van der Waals surface area contributed by atoms with Crippen molar-refractivity contribution in [2.75, 3.05) is 20.7 Å². The summed E-state index contributed by atoms with van der Waals surface area (Å²) in [6, 6.07) is 2.83. The average Bonchev–Trinajstić information content (AvgIpc) is 2.66. The third kappa shape index (κ3) is 5.39. The summed E-state index contributed by atoms with van der Waals surface area (Å²) in [5.41, 5.74) is 0.389. The van der Waals surface area contributed by atoms with Crippen LogP contribution in [0.5, 0.6) is 0 Å². The van der Waals surface area contributed by atoms with Crippen LogP contribution in [-0.2, 0) is 20.7 Å². The zero-order valence-corrected chi connectivity index (χ0v) is 15.7. The van der Waals surface area contributed by atoms with Gasteiger partial charge in [-0.25, -0.2) is 5.10 Å². The maximum atomic E-state index is 12.4. The molecule has 1 aliphatic carbocycles. The SMILES string of the molecule is CCN(C)C(=O)[C@H]1CC[C@@H](OC)[C@H](NC(=O)CCc2ccc(=O)[nH]n2)C1. The lowest BCUT2D eigenvalue weighted by Crippen LogP contribution is -2.50. The summed E-state index contributed by atoms with van der Waals surface area (Å²) in [7, 11) is 3.43. The van der Waals surface area contributed by atoms with Gasteiger partial charge < -0.3 is 15.0 Å². The molecule has 1 saturated carbocycles. The summed E-state index contributed by atoms with van der Waals surface area (Å²) in [6.45, 7) is 2.62. The standard InChI is InChI=1S/C18H28N4O4/c1-4-22(2)18(25)12-5-8-15(26-3)14(11-12)19-16(23)9-6-13-7-10-17(24)21-20-13/h7,10,12,14-15H,4-6,8-9,11H2,1-3H3,(H,19,23)(H,21,24)/t12-,14+,15+/m0/s1. The molecule has 26 heavy (non-hydrogen) atoms. The van der Waals surface area contributed by atoms with Gasteiger partial charge in [0.25, 0.3) is 5.56 Å². The van der Waals surface area contributed by atoms with E-state index in [1.54, 1.807) is 25.1 Å². The average molecular weight is 364 g/mol. The Hall–Kier alpha value is -2.22. The molecule has 8 nitrogen and oxygen atoms in total. The van der Waals surface area contributed by atoms with E-state index in [-0.39, 0.29) is 41.9 Å². The van der Waals surface area contributed by atoms with Crippen LogP contribution in [0.3, 0.4) is 0 Å². The highest BCUT2D eigenvalue weighted by Gasteiger charge is 2.35. The number of methoxy groups -OCH3 is 1. The van der Waals surface area contributed by atoms with Crippen LogP contribution in [-0.4, -0.2) is 59.8 Å². The monoisotopic (exact) mass is 364 g/mol. The third-order valence-electron chi connectivity index (χ3n) is 4.98. The fourth-order valence-corrected chi connectivity index (χ4v) is 3.30. The van der Waals surface area contributed by atoms with E-state index >= 15 is 0 Å². The van der Waals surface area contributed by atoms with E-state index in [1.807, 2.05) is 6.92 Å². The van der Waals surface area contributed by atoms with Crippen LogP contribution in [0.25, 0.3) is 0 Å². The molecule has 0 saturated heterocycles. The lowest BCUT2D eigenvalue weighted by Gasteiger charge is -2.36. The summed E-state index contributed by atoms with van der Waals surface area (Å²) in [4.78, 5) is 37.5. The molecule has 8 heteroatoms. The van der Waals surface area contributed by atoms with Crippen LogP contribution in [0.4, 0.5) is 0 Å². The molecule has 0 aromatic carbocycles. The summed E-state index contributed by atoms with van der Waals surface area (Å²) >= 11 is 0. The van der Waals surface area contributed by atoms with Gasteiger partial charge in [0.1, 0.15) is 0 Å². The zero-order valence-electron chi connectivity index (χ0n) is 15.7. The number of amides is 2. The molecule has 0 unspecified atom stereocenters. The number of hydrogen-bond donors (Lipinski definition) is 2. The first-order valence-electron chi connectivity index (χ1n) is 9.06. The topological polar surface area (TPSA) is 104 Å². The molecule has 0 aliphatic heterocycles. The molecule has 1 fully saturated rings. The van der Waals surface area contributed by atoms with Crippen LogP contribution in [0, 0.1) is 5.92 Å². The van der Waals surface area contributed by atoms with E-state index < -0.39 is 0 Å². The maximum Gasteiger partial charge on any atom is 0.264 e. The Bertz CT molecular complexity index is 655. The van der Waals surface area contributed by atoms with Gasteiger partial charge in [0, 0.05) is 45.5 Å². The lowest BCUT2D eigenvalue weighted by molar-refractivity contribution is -0.137. The number of carbonyl (C=O) groups excluding carboxylic acids is 2. The molecule has 3 atom stereocenters. The van der Waals surface area contributed by atoms with Crippen molar-refractivity contribution in [1.82, 2.24) is 20.4 Å². The van der Waals surface area contributed by atoms with Crippen LogP contribution in [0.2, 0.25) is 0 Å². The van der Waals surface area contributed by atoms with Crippen molar-refractivity contribution in [1.29, 1.82) is 0 Å². The van der Waals surface area contributed by atoms with E-state index in [9.17, 15) is 14.4 Å². The number of ether oxygens (including phenoxy) is 1. The third-order valence-corrected chi connectivity index (χ3v) is 4.98. The number of rotatable bonds is 7. The van der Waals surface area contributed by atoms with Gasteiger partial charge >= 0.3 is 0 Å². The van der Waals surface area contributed by atoms with Gasteiger partial charge in [-0.15, -0.1) is 0 Å². The zero-order chi connectivity index (χ0) is 19.1. The molecule has 0 bridgehead atoms. The van der Waals surface area contributed by atoms with Crippen molar-refractivity contribution in [3.63, 3.8) is 0 Å². The Balaban J connectivity index is 1.91. The molecule has 1 aliphatic rings. The highest BCUT2D eigenvalue weighted by atomic mass is 16.5. The van der Waals surface area contributed by atoms with Gasteiger partial charge in [-0.05, 0) is 32.3 Å². The Morgan fingerprint density at radius 2 is 2.15 bits per heavy atom. The Labute approximate surface area is 153 Å². The van der Waals surface area contributed by atoms with Gasteiger partial charge in [0.2, 0.25) is 11.8 Å². The Morgan fingerprint density at radius 3 is 2.77 bits per heavy atom. The number of aromatic nitrogens is 2. The molecule has 1 heterocycles. The number of nitrogens with zero attached hydrogens (tertiary/aromatic N) is 2. The second-order valence-electron chi connectivity index (χ2n) is 6.72. The fraction of sp³-hybridized carbons (Fsp3) is 0.667. The van der Waals surface area contributed by atoms with Gasteiger partial charge in [-0.3, -0.25) is 14.4 Å². The molecule has 2 rings (SSSR count). The van der Waals surface area contributed by atoms with E-state index in [0.29, 0.717) is 25.1 Å². The lowest BCUT2D eigenvalue weighted by atomic mass is 9.82. The Morgan fingerprint density at radius 1 is 1.38 bits per heavy atom. The summed E-state index contributed by atoms with van der Waals surface area (Å²) in [5, 5.41) is 9.26. The highest BCUT2D eigenvalue weighted by molar-refractivity contribution is 5.79. The van der Waals surface area contributed by atoms with Gasteiger partial charge in [-0.2, -0.15) is 5.10 Å². The van der Waals surface area contributed by atoms with Crippen LogP contribution in [0.1, 0.15) is 38.3 Å². The number of H-pyrrole nitrogens is 1. The van der Waals surface area contributed by atoms with Crippen molar-refractivity contribution >= 4 is 11.8 Å². The molecule has 2 N–H and O–H groups in total. The smallest absolute Gasteiger partial charge is 0.264 e. The minimum Gasteiger partial charge on any atom is -0.379 e. The number of carbonyl (C=O) groups is 2. The largest absolute Gasteiger partial charge is 0.379 e. The van der Waals surface area contributed by atoms with Crippen LogP contribution in [0.15, 0.2) is 16.9 Å². The Kier molecular flexibility index (Phi) is 7.32. The molecular formula is C18H28N4O4.